The van der Waals surface area contributed by atoms with Gasteiger partial charge in [0.2, 0.25) is 11.8 Å². The summed E-state index contributed by atoms with van der Waals surface area (Å²) in [6, 6.07) is 7.77. The molecule has 0 aliphatic heterocycles. The van der Waals surface area contributed by atoms with Gasteiger partial charge >= 0.3 is 0 Å². The van der Waals surface area contributed by atoms with Crippen LogP contribution in [0.5, 0.6) is 0 Å². The minimum absolute atomic E-state index is 0. The van der Waals surface area contributed by atoms with E-state index < -0.39 is 0 Å². The Labute approximate surface area is 168 Å². The predicted octanol–water partition coefficient (Wildman–Crippen LogP) is 3.62. The van der Waals surface area contributed by atoms with Crippen molar-refractivity contribution in [3.8, 4) is 0 Å². The third-order valence-electron chi connectivity index (χ3n) is 5.94. The fourth-order valence-corrected chi connectivity index (χ4v) is 4.35. The Morgan fingerprint density at radius 2 is 1.78 bits per heavy atom. The SMILES string of the molecule is Cl.NC[C@H]1CCC[C@H]1C(=O)NCc1cccc(NC(=O)C2CCCCC2)c1. The second-order valence-corrected chi connectivity index (χ2v) is 7.78. The van der Waals surface area contributed by atoms with Crippen molar-refractivity contribution in [2.45, 2.75) is 57.9 Å². The van der Waals surface area contributed by atoms with Crippen LogP contribution in [0.1, 0.15) is 56.9 Å². The van der Waals surface area contributed by atoms with Crippen LogP contribution in [0.4, 0.5) is 5.69 Å². The third-order valence-corrected chi connectivity index (χ3v) is 5.94. The summed E-state index contributed by atoms with van der Waals surface area (Å²) in [4.78, 5) is 24.8. The smallest absolute Gasteiger partial charge is 0.227 e. The molecule has 2 aliphatic carbocycles. The van der Waals surface area contributed by atoms with E-state index in [4.69, 9.17) is 5.73 Å². The van der Waals surface area contributed by atoms with Crippen molar-refractivity contribution in [3.05, 3.63) is 29.8 Å². The maximum atomic E-state index is 12.4. The number of amides is 2. The van der Waals surface area contributed by atoms with Crippen molar-refractivity contribution in [1.29, 1.82) is 0 Å². The molecule has 1 aromatic carbocycles. The molecule has 4 N–H and O–H groups in total. The molecule has 2 amide bonds. The van der Waals surface area contributed by atoms with Gasteiger partial charge in [-0.15, -0.1) is 12.4 Å². The van der Waals surface area contributed by atoms with Crippen LogP contribution in [0, 0.1) is 17.8 Å². The molecular weight excluding hydrogens is 362 g/mol. The molecule has 5 nitrogen and oxygen atoms in total. The zero-order valence-electron chi connectivity index (χ0n) is 15.9. The molecule has 6 heteroatoms. The van der Waals surface area contributed by atoms with E-state index >= 15 is 0 Å². The van der Waals surface area contributed by atoms with Crippen LogP contribution in [-0.4, -0.2) is 18.4 Å². The summed E-state index contributed by atoms with van der Waals surface area (Å²) >= 11 is 0. The van der Waals surface area contributed by atoms with E-state index in [0.29, 0.717) is 19.0 Å². The van der Waals surface area contributed by atoms with Crippen LogP contribution >= 0.6 is 12.4 Å². The Hall–Kier alpha value is -1.59. The summed E-state index contributed by atoms with van der Waals surface area (Å²) in [7, 11) is 0. The van der Waals surface area contributed by atoms with Gasteiger partial charge in [-0.25, -0.2) is 0 Å². The summed E-state index contributed by atoms with van der Waals surface area (Å²) < 4.78 is 0. The average molecular weight is 394 g/mol. The van der Waals surface area contributed by atoms with E-state index in [1.165, 1.54) is 6.42 Å². The first-order valence-corrected chi connectivity index (χ1v) is 10.0. The third kappa shape index (κ3) is 5.94. The second-order valence-electron chi connectivity index (χ2n) is 7.78. The lowest BCUT2D eigenvalue weighted by molar-refractivity contribution is -0.126. The van der Waals surface area contributed by atoms with E-state index in [-0.39, 0.29) is 36.1 Å². The fraction of sp³-hybridized carbons (Fsp3) is 0.619. The molecule has 2 atom stereocenters. The number of halogens is 1. The van der Waals surface area contributed by atoms with Crippen molar-refractivity contribution in [1.82, 2.24) is 5.32 Å². The van der Waals surface area contributed by atoms with Crippen LogP contribution in [-0.2, 0) is 16.1 Å². The first-order chi connectivity index (χ1) is 12.7. The zero-order valence-corrected chi connectivity index (χ0v) is 16.7. The van der Waals surface area contributed by atoms with Gasteiger partial charge in [0.1, 0.15) is 0 Å². The summed E-state index contributed by atoms with van der Waals surface area (Å²) in [6.07, 6.45) is 8.59. The highest BCUT2D eigenvalue weighted by Gasteiger charge is 2.31. The number of nitrogens with one attached hydrogen (secondary N) is 2. The monoisotopic (exact) mass is 393 g/mol. The van der Waals surface area contributed by atoms with Crippen LogP contribution in [0.15, 0.2) is 24.3 Å². The number of anilines is 1. The quantitative estimate of drug-likeness (QED) is 0.690. The minimum Gasteiger partial charge on any atom is -0.352 e. The maximum absolute atomic E-state index is 12.4. The van der Waals surface area contributed by atoms with Crippen molar-refractivity contribution < 1.29 is 9.59 Å². The lowest BCUT2D eigenvalue weighted by Crippen LogP contribution is -2.34. The zero-order chi connectivity index (χ0) is 18.4. The lowest BCUT2D eigenvalue weighted by atomic mass is 9.88. The topological polar surface area (TPSA) is 84.2 Å². The average Bonchev–Trinajstić information content (AvgIpc) is 3.16. The molecule has 150 valence electrons. The normalized spacial score (nSPS) is 22.7. The lowest BCUT2D eigenvalue weighted by Gasteiger charge is -2.21. The van der Waals surface area contributed by atoms with Gasteiger partial charge in [0, 0.05) is 24.1 Å². The summed E-state index contributed by atoms with van der Waals surface area (Å²) in [6.45, 7) is 1.07. The molecule has 2 aliphatic rings. The molecule has 2 fully saturated rings. The van der Waals surface area contributed by atoms with Gasteiger partial charge < -0.3 is 16.4 Å². The van der Waals surface area contributed by atoms with E-state index in [0.717, 1.165) is 56.2 Å². The molecule has 0 heterocycles. The first kappa shape index (κ1) is 21.7. The van der Waals surface area contributed by atoms with E-state index in [9.17, 15) is 9.59 Å². The molecule has 2 saturated carbocycles. The Kier molecular flexibility index (Phi) is 8.58. The standard InChI is InChI=1S/C21H31N3O2.ClH/c22-13-17-9-5-11-19(17)21(26)23-14-15-6-4-10-18(12-15)24-20(25)16-7-2-1-3-8-16;/h4,6,10,12,16-17,19H,1-3,5,7-9,11,13-14,22H2,(H,23,26)(H,24,25);1H/t17-,19-;/m1./s1. The van der Waals surface area contributed by atoms with Gasteiger partial charge in [0.05, 0.1) is 0 Å². The van der Waals surface area contributed by atoms with Gasteiger partial charge in [-0.05, 0) is 55.8 Å². The molecule has 0 radical (unpaired) electrons. The molecule has 0 unspecified atom stereocenters. The van der Waals surface area contributed by atoms with Crippen LogP contribution in [0.25, 0.3) is 0 Å². The highest BCUT2D eigenvalue weighted by Crippen LogP contribution is 2.31. The number of hydrogen-bond donors (Lipinski definition) is 3. The largest absolute Gasteiger partial charge is 0.352 e. The van der Waals surface area contributed by atoms with Crippen molar-refractivity contribution in [2.24, 2.45) is 23.5 Å². The van der Waals surface area contributed by atoms with Crippen LogP contribution in [0.2, 0.25) is 0 Å². The highest BCUT2D eigenvalue weighted by atomic mass is 35.5. The Morgan fingerprint density at radius 1 is 1.00 bits per heavy atom. The van der Waals surface area contributed by atoms with Crippen LogP contribution in [0.3, 0.4) is 0 Å². The molecule has 27 heavy (non-hydrogen) atoms. The van der Waals surface area contributed by atoms with Crippen molar-refractivity contribution in [3.63, 3.8) is 0 Å². The molecule has 0 bridgehead atoms. The highest BCUT2D eigenvalue weighted by molar-refractivity contribution is 5.92. The fourth-order valence-electron chi connectivity index (χ4n) is 4.35. The van der Waals surface area contributed by atoms with Crippen molar-refractivity contribution in [2.75, 3.05) is 11.9 Å². The number of nitrogens with two attached hydrogens (primary N) is 1. The molecule has 1 aromatic rings. The number of hydrogen-bond acceptors (Lipinski definition) is 3. The van der Waals surface area contributed by atoms with E-state index in [2.05, 4.69) is 10.6 Å². The Balaban J connectivity index is 0.00000261. The predicted molar refractivity (Wildman–Crippen MR) is 111 cm³/mol. The summed E-state index contributed by atoms with van der Waals surface area (Å²) in [5, 5.41) is 6.08. The number of carbonyl (C=O) groups is 2. The number of carbonyl (C=O) groups excluding carboxylic acids is 2. The maximum Gasteiger partial charge on any atom is 0.227 e. The van der Waals surface area contributed by atoms with Gasteiger partial charge in [-0.2, -0.15) is 0 Å². The molecule has 0 spiro atoms. The molecular formula is C21H32ClN3O2. The van der Waals surface area contributed by atoms with Gasteiger partial charge in [0.15, 0.2) is 0 Å². The van der Waals surface area contributed by atoms with Gasteiger partial charge in [0.25, 0.3) is 0 Å². The van der Waals surface area contributed by atoms with Gasteiger partial charge in [-0.1, -0.05) is 37.8 Å². The second kappa shape index (κ2) is 10.7. The molecule has 0 saturated heterocycles. The summed E-state index contributed by atoms with van der Waals surface area (Å²) in [5.41, 5.74) is 7.59. The molecule has 0 aromatic heterocycles. The minimum atomic E-state index is 0. The Bertz CT molecular complexity index is 632. The van der Waals surface area contributed by atoms with Crippen LogP contribution < -0.4 is 16.4 Å². The van der Waals surface area contributed by atoms with Gasteiger partial charge in [-0.3, -0.25) is 9.59 Å². The number of benzene rings is 1. The van der Waals surface area contributed by atoms with Crippen molar-refractivity contribution >= 4 is 29.9 Å². The van der Waals surface area contributed by atoms with E-state index in [1.54, 1.807) is 0 Å². The first-order valence-electron chi connectivity index (χ1n) is 10.0. The van der Waals surface area contributed by atoms with E-state index in [1.807, 2.05) is 24.3 Å². The molecule has 3 rings (SSSR count). The number of rotatable bonds is 6. The summed E-state index contributed by atoms with van der Waals surface area (Å²) in [5.74, 6) is 0.741. The Morgan fingerprint density at radius 3 is 2.52 bits per heavy atom.